The fourth-order valence-corrected chi connectivity index (χ4v) is 1.97. The minimum absolute atomic E-state index is 0.776. The van der Waals surface area contributed by atoms with Crippen molar-refractivity contribution in [3.05, 3.63) is 23.8 Å². The zero-order chi connectivity index (χ0) is 12.8. The second kappa shape index (κ2) is 6.61. The summed E-state index contributed by atoms with van der Waals surface area (Å²) in [5, 5.41) is 6.89. The maximum Gasteiger partial charge on any atom is 0.165 e. The molecule has 1 aliphatic rings. The average molecular weight is 250 g/mol. The van der Waals surface area contributed by atoms with Crippen molar-refractivity contribution in [2.24, 2.45) is 0 Å². The molecule has 2 N–H and O–H groups in total. The number of ether oxygens (including phenoxy) is 2. The third-order valence-corrected chi connectivity index (χ3v) is 3.11. The van der Waals surface area contributed by atoms with E-state index in [0.29, 0.717) is 0 Å². The zero-order valence-electron chi connectivity index (χ0n) is 11.2. The molecule has 0 radical (unpaired) electrons. The van der Waals surface area contributed by atoms with Crippen molar-refractivity contribution in [3.63, 3.8) is 0 Å². The molecule has 2 rings (SSSR count). The zero-order valence-corrected chi connectivity index (χ0v) is 11.2. The SMILES string of the molecule is COc1cccc(CNCCNC2CC2)c1OC. The molecule has 0 atom stereocenters. The molecule has 0 saturated heterocycles. The van der Waals surface area contributed by atoms with Crippen LogP contribution in [-0.2, 0) is 6.54 Å². The van der Waals surface area contributed by atoms with E-state index < -0.39 is 0 Å². The maximum atomic E-state index is 5.39. The lowest BCUT2D eigenvalue weighted by Gasteiger charge is -2.13. The lowest BCUT2D eigenvalue weighted by Crippen LogP contribution is -2.28. The first kappa shape index (κ1) is 13.2. The van der Waals surface area contributed by atoms with Crippen LogP contribution in [0.1, 0.15) is 18.4 Å². The van der Waals surface area contributed by atoms with Gasteiger partial charge in [0.2, 0.25) is 0 Å². The van der Waals surface area contributed by atoms with E-state index in [4.69, 9.17) is 9.47 Å². The normalized spacial score (nSPS) is 14.6. The Hall–Kier alpha value is -1.26. The standard InChI is InChI=1S/C14H22N2O2/c1-17-13-5-3-4-11(14(13)18-2)10-15-8-9-16-12-6-7-12/h3-5,12,15-16H,6-10H2,1-2H3. The van der Waals surface area contributed by atoms with Gasteiger partial charge in [-0.2, -0.15) is 0 Å². The van der Waals surface area contributed by atoms with E-state index in [1.807, 2.05) is 12.1 Å². The molecule has 0 bridgehead atoms. The van der Waals surface area contributed by atoms with E-state index in [9.17, 15) is 0 Å². The van der Waals surface area contributed by atoms with Gasteiger partial charge in [0.1, 0.15) is 0 Å². The highest BCUT2D eigenvalue weighted by Crippen LogP contribution is 2.30. The molecule has 0 aliphatic heterocycles. The molecule has 1 saturated carbocycles. The molecule has 1 aromatic rings. The smallest absolute Gasteiger partial charge is 0.165 e. The predicted molar refractivity (Wildman–Crippen MR) is 72.3 cm³/mol. The van der Waals surface area contributed by atoms with Crippen molar-refractivity contribution in [3.8, 4) is 11.5 Å². The second-order valence-corrected chi connectivity index (χ2v) is 4.56. The van der Waals surface area contributed by atoms with Gasteiger partial charge in [0.25, 0.3) is 0 Å². The van der Waals surface area contributed by atoms with Gasteiger partial charge in [-0.3, -0.25) is 0 Å². The minimum atomic E-state index is 0.776. The minimum Gasteiger partial charge on any atom is -0.493 e. The van der Waals surface area contributed by atoms with Gasteiger partial charge < -0.3 is 20.1 Å². The number of hydrogen-bond donors (Lipinski definition) is 2. The van der Waals surface area contributed by atoms with Gasteiger partial charge in [-0.15, -0.1) is 0 Å². The van der Waals surface area contributed by atoms with E-state index in [1.54, 1.807) is 14.2 Å². The molecular weight excluding hydrogens is 228 g/mol. The van der Waals surface area contributed by atoms with Crippen molar-refractivity contribution in [2.75, 3.05) is 27.3 Å². The Morgan fingerprint density at radius 3 is 2.67 bits per heavy atom. The molecule has 0 amide bonds. The molecule has 1 fully saturated rings. The van der Waals surface area contributed by atoms with Crippen LogP contribution in [0.3, 0.4) is 0 Å². The van der Waals surface area contributed by atoms with Crippen LogP contribution in [0.15, 0.2) is 18.2 Å². The first-order valence-electron chi connectivity index (χ1n) is 6.49. The molecular formula is C14H22N2O2. The van der Waals surface area contributed by atoms with Crippen LogP contribution in [0.4, 0.5) is 0 Å². The Bertz CT molecular complexity index is 378. The summed E-state index contributed by atoms with van der Waals surface area (Å²) in [6.07, 6.45) is 2.67. The molecule has 1 aliphatic carbocycles. The van der Waals surface area contributed by atoms with E-state index in [-0.39, 0.29) is 0 Å². The van der Waals surface area contributed by atoms with Crippen molar-refractivity contribution < 1.29 is 9.47 Å². The highest BCUT2D eigenvalue weighted by Gasteiger charge is 2.19. The second-order valence-electron chi connectivity index (χ2n) is 4.56. The van der Waals surface area contributed by atoms with Gasteiger partial charge in [-0.05, 0) is 18.9 Å². The number of nitrogens with one attached hydrogen (secondary N) is 2. The molecule has 0 aromatic heterocycles. The fraction of sp³-hybridized carbons (Fsp3) is 0.571. The first-order chi connectivity index (χ1) is 8.85. The molecule has 100 valence electrons. The Labute approximate surface area is 109 Å². The Morgan fingerprint density at radius 1 is 1.17 bits per heavy atom. The van der Waals surface area contributed by atoms with Gasteiger partial charge in [0, 0.05) is 31.2 Å². The summed E-state index contributed by atoms with van der Waals surface area (Å²) in [6, 6.07) is 6.73. The van der Waals surface area contributed by atoms with Gasteiger partial charge in [-0.1, -0.05) is 12.1 Å². The predicted octanol–water partition coefficient (Wildman–Crippen LogP) is 1.55. The van der Waals surface area contributed by atoms with E-state index in [0.717, 1.165) is 42.7 Å². The lowest BCUT2D eigenvalue weighted by atomic mass is 10.2. The summed E-state index contributed by atoms with van der Waals surface area (Å²) < 4.78 is 10.7. The highest BCUT2D eigenvalue weighted by molar-refractivity contribution is 5.46. The Balaban J connectivity index is 1.79. The van der Waals surface area contributed by atoms with Gasteiger partial charge in [0.05, 0.1) is 14.2 Å². The summed E-state index contributed by atoms with van der Waals surface area (Å²) in [5.74, 6) is 1.61. The maximum absolute atomic E-state index is 5.39. The monoisotopic (exact) mass is 250 g/mol. The van der Waals surface area contributed by atoms with Crippen molar-refractivity contribution in [2.45, 2.75) is 25.4 Å². The van der Waals surface area contributed by atoms with Gasteiger partial charge >= 0.3 is 0 Å². The first-order valence-corrected chi connectivity index (χ1v) is 6.49. The highest BCUT2D eigenvalue weighted by atomic mass is 16.5. The molecule has 4 heteroatoms. The van der Waals surface area contributed by atoms with Crippen LogP contribution >= 0.6 is 0 Å². The van der Waals surface area contributed by atoms with Crippen molar-refractivity contribution in [1.29, 1.82) is 0 Å². The molecule has 0 heterocycles. The third-order valence-electron chi connectivity index (χ3n) is 3.11. The summed E-state index contributed by atoms with van der Waals surface area (Å²) in [7, 11) is 3.34. The molecule has 18 heavy (non-hydrogen) atoms. The van der Waals surface area contributed by atoms with Crippen LogP contribution in [0.2, 0.25) is 0 Å². The van der Waals surface area contributed by atoms with E-state index in [1.165, 1.54) is 12.8 Å². The summed E-state index contributed by atoms with van der Waals surface area (Å²) >= 11 is 0. The number of rotatable bonds is 8. The van der Waals surface area contributed by atoms with Crippen LogP contribution in [0, 0.1) is 0 Å². The molecule has 4 nitrogen and oxygen atoms in total. The van der Waals surface area contributed by atoms with E-state index >= 15 is 0 Å². The summed E-state index contributed by atoms with van der Waals surface area (Å²) in [6.45, 7) is 2.79. The molecule has 0 unspecified atom stereocenters. The van der Waals surface area contributed by atoms with Crippen molar-refractivity contribution in [1.82, 2.24) is 10.6 Å². The lowest BCUT2D eigenvalue weighted by molar-refractivity contribution is 0.350. The van der Waals surface area contributed by atoms with Gasteiger partial charge in [0.15, 0.2) is 11.5 Å². The summed E-state index contributed by atoms with van der Waals surface area (Å²) in [5.41, 5.74) is 1.13. The third kappa shape index (κ3) is 3.62. The molecule has 0 spiro atoms. The van der Waals surface area contributed by atoms with Crippen LogP contribution in [-0.4, -0.2) is 33.4 Å². The molecule has 1 aromatic carbocycles. The Morgan fingerprint density at radius 2 is 2.00 bits per heavy atom. The van der Waals surface area contributed by atoms with Crippen LogP contribution in [0.25, 0.3) is 0 Å². The number of hydrogen-bond acceptors (Lipinski definition) is 4. The number of benzene rings is 1. The van der Waals surface area contributed by atoms with Crippen molar-refractivity contribution >= 4 is 0 Å². The number of para-hydroxylation sites is 1. The number of methoxy groups -OCH3 is 2. The van der Waals surface area contributed by atoms with Crippen LogP contribution < -0.4 is 20.1 Å². The van der Waals surface area contributed by atoms with Crippen LogP contribution in [0.5, 0.6) is 11.5 Å². The Kier molecular flexibility index (Phi) is 4.84. The topological polar surface area (TPSA) is 42.5 Å². The average Bonchev–Trinajstić information content (AvgIpc) is 3.22. The van der Waals surface area contributed by atoms with Gasteiger partial charge in [-0.25, -0.2) is 0 Å². The largest absolute Gasteiger partial charge is 0.493 e. The fourth-order valence-electron chi connectivity index (χ4n) is 1.97. The quantitative estimate of drug-likeness (QED) is 0.687. The van der Waals surface area contributed by atoms with E-state index in [2.05, 4.69) is 16.7 Å². The summed E-state index contributed by atoms with van der Waals surface area (Å²) in [4.78, 5) is 0.